The summed E-state index contributed by atoms with van der Waals surface area (Å²) in [5.41, 5.74) is 1.19. The number of benzene rings is 1. The summed E-state index contributed by atoms with van der Waals surface area (Å²) in [4.78, 5) is 0. The molecule has 0 aromatic heterocycles. The Morgan fingerprint density at radius 3 is 2.53 bits per heavy atom. The molecule has 1 aromatic rings. The molecule has 0 spiro atoms. The zero-order valence-corrected chi connectivity index (χ0v) is 9.26. The number of aliphatic hydroxyl groups excluding tert-OH is 1. The van der Waals surface area contributed by atoms with Crippen molar-refractivity contribution in [1.29, 1.82) is 0 Å². The quantitative estimate of drug-likeness (QED) is 0.809. The average Bonchev–Trinajstić information content (AvgIpc) is 2.98. The van der Waals surface area contributed by atoms with Crippen LogP contribution >= 0.6 is 0 Å². The molecule has 0 atom stereocenters. The van der Waals surface area contributed by atoms with Crippen LogP contribution in [0.15, 0.2) is 18.2 Å². The van der Waals surface area contributed by atoms with Crippen LogP contribution in [0.1, 0.15) is 43.7 Å². The van der Waals surface area contributed by atoms with Crippen molar-refractivity contribution in [2.24, 2.45) is 0 Å². The fourth-order valence-corrected chi connectivity index (χ4v) is 2.07. The predicted molar refractivity (Wildman–Crippen MR) is 58.5 cm³/mol. The van der Waals surface area contributed by atoms with Crippen molar-refractivity contribution in [3.63, 3.8) is 0 Å². The molecule has 1 aliphatic carbocycles. The van der Waals surface area contributed by atoms with Gasteiger partial charge in [0, 0.05) is 5.41 Å². The molecule has 1 fully saturated rings. The van der Waals surface area contributed by atoms with E-state index in [1.807, 2.05) is 32.0 Å². The molecule has 0 radical (unpaired) electrons. The third-order valence-corrected chi connectivity index (χ3v) is 3.38. The summed E-state index contributed by atoms with van der Waals surface area (Å²) in [5.74, 6) is 0.0819. The highest BCUT2D eigenvalue weighted by atomic mass is 19.1. The number of hydrogen-bond acceptors (Lipinski definition) is 1. The minimum atomic E-state index is -0.269. The van der Waals surface area contributed by atoms with Gasteiger partial charge in [-0.2, -0.15) is 0 Å². The standard InChI is InChI=1S/C13H17FO/c1-9(2)10-4-3-5-11(12(10)14)13(8-15)6-7-13/h3-5,9,15H,6-8H2,1-2H3. The number of aliphatic hydroxyl groups is 1. The van der Waals surface area contributed by atoms with Crippen LogP contribution in [-0.4, -0.2) is 11.7 Å². The Bertz CT molecular complexity index is 367. The molecule has 1 aromatic carbocycles. The SMILES string of the molecule is CC(C)c1cccc(C2(CO)CC2)c1F. The van der Waals surface area contributed by atoms with Crippen LogP contribution in [0.3, 0.4) is 0 Å². The maximum atomic E-state index is 14.1. The van der Waals surface area contributed by atoms with Crippen LogP contribution in [0.5, 0.6) is 0 Å². The normalized spacial score (nSPS) is 18.2. The van der Waals surface area contributed by atoms with E-state index in [4.69, 9.17) is 0 Å². The van der Waals surface area contributed by atoms with E-state index >= 15 is 0 Å². The molecule has 2 heteroatoms. The minimum Gasteiger partial charge on any atom is -0.395 e. The van der Waals surface area contributed by atoms with Crippen molar-refractivity contribution >= 4 is 0 Å². The first-order chi connectivity index (χ1) is 7.10. The number of hydrogen-bond donors (Lipinski definition) is 1. The van der Waals surface area contributed by atoms with Gasteiger partial charge in [-0.05, 0) is 29.9 Å². The van der Waals surface area contributed by atoms with Gasteiger partial charge in [0.05, 0.1) is 6.61 Å². The summed E-state index contributed by atoms with van der Waals surface area (Å²) in [6.07, 6.45) is 1.81. The third-order valence-electron chi connectivity index (χ3n) is 3.38. The largest absolute Gasteiger partial charge is 0.395 e. The van der Waals surface area contributed by atoms with Crippen molar-refractivity contribution in [1.82, 2.24) is 0 Å². The molecule has 1 aliphatic rings. The number of halogens is 1. The van der Waals surface area contributed by atoms with Crippen LogP contribution in [0.25, 0.3) is 0 Å². The van der Waals surface area contributed by atoms with Crippen molar-refractivity contribution in [2.45, 2.75) is 38.0 Å². The molecule has 82 valence electrons. The lowest BCUT2D eigenvalue weighted by Gasteiger charge is -2.16. The number of rotatable bonds is 3. The van der Waals surface area contributed by atoms with E-state index in [0.29, 0.717) is 5.56 Å². The van der Waals surface area contributed by atoms with Gasteiger partial charge in [0.25, 0.3) is 0 Å². The van der Waals surface area contributed by atoms with Gasteiger partial charge in [-0.15, -0.1) is 0 Å². The van der Waals surface area contributed by atoms with Gasteiger partial charge in [0.1, 0.15) is 5.82 Å². The molecule has 0 bridgehead atoms. The fourth-order valence-electron chi connectivity index (χ4n) is 2.07. The van der Waals surface area contributed by atoms with E-state index in [1.165, 1.54) is 0 Å². The van der Waals surface area contributed by atoms with Crippen LogP contribution < -0.4 is 0 Å². The molecule has 0 amide bonds. The van der Waals surface area contributed by atoms with Crippen molar-refractivity contribution in [3.05, 3.63) is 35.1 Å². The maximum Gasteiger partial charge on any atom is 0.130 e. The zero-order chi connectivity index (χ0) is 11.1. The highest BCUT2D eigenvalue weighted by Gasteiger charge is 2.45. The van der Waals surface area contributed by atoms with Crippen molar-refractivity contribution < 1.29 is 9.50 Å². The summed E-state index contributed by atoms with van der Waals surface area (Å²) in [5, 5.41) is 9.30. The molecule has 1 nitrogen and oxygen atoms in total. The van der Waals surface area contributed by atoms with Crippen molar-refractivity contribution in [3.8, 4) is 0 Å². The Labute approximate surface area is 89.9 Å². The Morgan fingerprint density at radius 2 is 2.07 bits per heavy atom. The minimum absolute atomic E-state index is 0.0610. The Hall–Kier alpha value is -0.890. The molecule has 1 saturated carbocycles. The summed E-state index contributed by atoms with van der Waals surface area (Å²) < 4.78 is 14.1. The first-order valence-electron chi connectivity index (χ1n) is 5.50. The highest BCUT2D eigenvalue weighted by molar-refractivity contribution is 5.37. The summed E-state index contributed by atoms with van der Waals surface area (Å²) in [7, 11) is 0. The van der Waals surface area contributed by atoms with Gasteiger partial charge < -0.3 is 5.11 Å². The molecule has 15 heavy (non-hydrogen) atoms. The van der Waals surface area contributed by atoms with Gasteiger partial charge in [-0.25, -0.2) is 4.39 Å². The van der Waals surface area contributed by atoms with E-state index in [9.17, 15) is 9.50 Å². The maximum absolute atomic E-state index is 14.1. The van der Waals surface area contributed by atoms with Gasteiger partial charge in [0.15, 0.2) is 0 Å². The molecule has 0 saturated heterocycles. The van der Waals surface area contributed by atoms with E-state index in [-0.39, 0.29) is 23.8 Å². The second-order valence-electron chi connectivity index (χ2n) is 4.80. The topological polar surface area (TPSA) is 20.2 Å². The van der Waals surface area contributed by atoms with Crippen LogP contribution in [0, 0.1) is 5.82 Å². The average molecular weight is 208 g/mol. The molecule has 2 rings (SSSR count). The molecular weight excluding hydrogens is 191 g/mol. The lowest BCUT2D eigenvalue weighted by molar-refractivity contribution is 0.252. The van der Waals surface area contributed by atoms with E-state index < -0.39 is 0 Å². The van der Waals surface area contributed by atoms with Gasteiger partial charge in [-0.1, -0.05) is 32.0 Å². The molecule has 1 N–H and O–H groups in total. The monoisotopic (exact) mass is 208 g/mol. The Kier molecular flexibility index (Phi) is 2.55. The van der Waals surface area contributed by atoms with Gasteiger partial charge >= 0.3 is 0 Å². The Balaban J connectivity index is 2.45. The second-order valence-corrected chi connectivity index (χ2v) is 4.80. The lowest BCUT2D eigenvalue weighted by Crippen LogP contribution is -2.15. The molecular formula is C13H17FO. The molecule has 0 heterocycles. The summed E-state index contributed by atoms with van der Waals surface area (Å²) in [6, 6.07) is 5.53. The first kappa shape index (κ1) is 10.6. The van der Waals surface area contributed by atoms with Gasteiger partial charge in [-0.3, -0.25) is 0 Å². The van der Waals surface area contributed by atoms with Crippen LogP contribution in [-0.2, 0) is 5.41 Å². The Morgan fingerprint density at radius 1 is 1.40 bits per heavy atom. The first-order valence-corrected chi connectivity index (χ1v) is 5.50. The molecule has 0 unspecified atom stereocenters. The van der Waals surface area contributed by atoms with Crippen molar-refractivity contribution in [2.75, 3.05) is 6.61 Å². The smallest absolute Gasteiger partial charge is 0.130 e. The van der Waals surface area contributed by atoms with E-state index in [2.05, 4.69) is 0 Å². The highest BCUT2D eigenvalue weighted by Crippen LogP contribution is 2.49. The molecule has 0 aliphatic heterocycles. The summed E-state index contributed by atoms with van der Waals surface area (Å²) >= 11 is 0. The second kappa shape index (κ2) is 3.60. The van der Waals surface area contributed by atoms with Crippen LogP contribution in [0.2, 0.25) is 0 Å². The fraction of sp³-hybridized carbons (Fsp3) is 0.538. The van der Waals surface area contributed by atoms with Gasteiger partial charge in [0.2, 0.25) is 0 Å². The van der Waals surface area contributed by atoms with E-state index in [1.54, 1.807) is 0 Å². The predicted octanol–water partition coefficient (Wildman–Crippen LogP) is 2.97. The summed E-state index contributed by atoms with van der Waals surface area (Å²) in [6.45, 7) is 4.03. The van der Waals surface area contributed by atoms with E-state index in [0.717, 1.165) is 18.4 Å². The van der Waals surface area contributed by atoms with Crippen LogP contribution in [0.4, 0.5) is 4.39 Å². The lowest BCUT2D eigenvalue weighted by atomic mass is 9.91. The zero-order valence-electron chi connectivity index (χ0n) is 9.26. The third kappa shape index (κ3) is 1.67.